The van der Waals surface area contributed by atoms with Gasteiger partial charge < -0.3 is 25.3 Å². The third kappa shape index (κ3) is 5.51. The maximum atomic E-state index is 6.98. The van der Waals surface area contributed by atoms with Crippen LogP contribution in [0.25, 0.3) is 54.8 Å². The zero-order chi connectivity index (χ0) is 32.6. The van der Waals surface area contributed by atoms with Crippen LogP contribution in [0.15, 0.2) is 85.2 Å². The predicted molar refractivity (Wildman–Crippen MR) is 196 cm³/mol. The molecule has 0 amide bonds. The summed E-state index contributed by atoms with van der Waals surface area (Å²) in [7, 11) is 0. The van der Waals surface area contributed by atoms with Crippen LogP contribution in [0.1, 0.15) is 68.8 Å². The van der Waals surface area contributed by atoms with Crippen molar-refractivity contribution in [3.05, 3.63) is 102 Å². The average molecular weight is 656 g/mol. The Balaban J connectivity index is 0.00000165. The largest absolute Gasteiger partial charge is 0.464 e. The molecule has 2 aliphatic heterocycles. The first-order valence-corrected chi connectivity index (χ1v) is 18.0. The van der Waals surface area contributed by atoms with Crippen molar-refractivity contribution in [2.24, 2.45) is 0 Å². The number of nitrogens with one attached hydrogen (secondary N) is 4. The molecule has 244 valence electrons. The molecule has 0 spiro atoms. The third-order valence-corrected chi connectivity index (χ3v) is 10.4. The summed E-state index contributed by atoms with van der Waals surface area (Å²) in [6.45, 7) is 8.93. The second kappa shape index (κ2) is 13.1. The number of ether oxygens (including phenoxy) is 1. The van der Waals surface area contributed by atoms with Gasteiger partial charge in [-0.2, -0.15) is 0 Å². The normalized spacial score (nSPS) is 16.8. The van der Waals surface area contributed by atoms with Crippen molar-refractivity contribution in [1.82, 2.24) is 35.1 Å². The van der Waals surface area contributed by atoms with Crippen molar-refractivity contribution >= 4 is 32.3 Å². The number of benzene rings is 3. The molecule has 3 aromatic carbocycles. The zero-order valence-electron chi connectivity index (χ0n) is 27.6. The van der Waals surface area contributed by atoms with E-state index in [1.807, 2.05) is 26.2 Å². The van der Waals surface area contributed by atoms with Gasteiger partial charge in [-0.25, -0.2) is 9.97 Å². The quantitative estimate of drug-likeness (QED) is 0.123. The van der Waals surface area contributed by atoms with Crippen LogP contribution < -0.4 is 15.4 Å². The molecule has 2 aliphatic rings. The third-order valence-electron chi connectivity index (χ3n) is 9.21. The van der Waals surface area contributed by atoms with Crippen molar-refractivity contribution in [2.75, 3.05) is 13.1 Å². The summed E-state index contributed by atoms with van der Waals surface area (Å²) in [5.41, 5.74) is 7.59. The smallest absolute Gasteiger partial charge is 0.212 e. The summed E-state index contributed by atoms with van der Waals surface area (Å²) in [6, 6.07) is 26.6. The predicted octanol–water partition coefficient (Wildman–Crippen LogP) is 9.19. The molecule has 4 aromatic heterocycles. The number of hydrogen-bond donors (Lipinski definition) is 4. The van der Waals surface area contributed by atoms with Crippen LogP contribution in [-0.2, 0) is 6.54 Å². The monoisotopic (exact) mass is 655 g/mol. The standard InChI is InChI=1S/C37H35N7OS.C2H6/c1-2-13-38-21-35-40-19-28(42-35)22-10-12-30-25(15-22)16-31-26-11-9-23(29-20-41-36(43-29)27-7-5-14-39-27)17-32(26)45-37(44(30)31)34-18-24-6-3-4-8-33(24)46-34;1-2/h3-4,6,8-12,15-20,27,37-39H,2,5,7,13-14,21H2,1H3,(H,40,42)(H,41,43);1-2H3. The number of imidazole rings is 2. The lowest BCUT2D eigenvalue weighted by Gasteiger charge is -2.29. The van der Waals surface area contributed by atoms with Gasteiger partial charge >= 0.3 is 0 Å². The maximum Gasteiger partial charge on any atom is 0.212 e. The highest BCUT2D eigenvalue weighted by molar-refractivity contribution is 7.19. The Morgan fingerprint density at radius 3 is 2.60 bits per heavy atom. The van der Waals surface area contributed by atoms with Crippen LogP contribution in [0, 0.1) is 0 Å². The number of aromatic nitrogens is 5. The van der Waals surface area contributed by atoms with E-state index in [1.165, 1.54) is 26.8 Å². The Kier molecular flexibility index (Phi) is 8.34. The van der Waals surface area contributed by atoms with Crippen LogP contribution >= 0.6 is 11.3 Å². The van der Waals surface area contributed by atoms with E-state index in [-0.39, 0.29) is 6.23 Å². The summed E-state index contributed by atoms with van der Waals surface area (Å²) in [6.07, 6.45) is 6.99. The molecule has 9 heteroatoms. The first kappa shape index (κ1) is 30.6. The fourth-order valence-corrected chi connectivity index (χ4v) is 7.99. The molecule has 48 heavy (non-hydrogen) atoms. The van der Waals surface area contributed by atoms with E-state index in [4.69, 9.17) is 9.72 Å². The van der Waals surface area contributed by atoms with Gasteiger partial charge in [-0.1, -0.05) is 51.1 Å². The summed E-state index contributed by atoms with van der Waals surface area (Å²) in [4.78, 5) is 17.6. The number of rotatable bonds is 8. The first-order valence-electron chi connectivity index (χ1n) is 17.2. The Morgan fingerprint density at radius 1 is 0.917 bits per heavy atom. The molecular formula is C39H41N7OS. The van der Waals surface area contributed by atoms with Gasteiger partial charge in [0.15, 0.2) is 0 Å². The van der Waals surface area contributed by atoms with Crippen molar-refractivity contribution < 1.29 is 4.74 Å². The highest BCUT2D eigenvalue weighted by Crippen LogP contribution is 2.47. The minimum Gasteiger partial charge on any atom is -0.464 e. The first-order chi connectivity index (χ1) is 23.7. The van der Waals surface area contributed by atoms with E-state index in [1.54, 1.807) is 11.3 Å². The molecule has 0 bridgehead atoms. The molecular weight excluding hydrogens is 615 g/mol. The minimum atomic E-state index is -0.290. The molecule has 2 atom stereocenters. The Labute approximate surface area is 284 Å². The molecule has 4 N–H and O–H groups in total. The Bertz CT molecular complexity index is 2170. The van der Waals surface area contributed by atoms with Gasteiger partial charge in [-0.3, -0.25) is 4.57 Å². The highest BCUT2D eigenvalue weighted by atomic mass is 32.1. The number of aromatic amines is 2. The van der Waals surface area contributed by atoms with Crippen LogP contribution in [-0.4, -0.2) is 37.6 Å². The number of nitrogens with zero attached hydrogens (tertiary/aromatic N) is 3. The van der Waals surface area contributed by atoms with Crippen LogP contribution in [0.3, 0.4) is 0 Å². The number of H-pyrrole nitrogens is 2. The summed E-state index contributed by atoms with van der Waals surface area (Å²) in [5.74, 6) is 2.84. The summed E-state index contributed by atoms with van der Waals surface area (Å²) in [5, 5.41) is 9.38. The molecule has 0 aliphatic carbocycles. The molecule has 0 saturated carbocycles. The number of fused-ring (bicyclic) bond motifs is 6. The molecule has 7 aromatic rings. The van der Waals surface area contributed by atoms with E-state index in [0.29, 0.717) is 6.04 Å². The van der Waals surface area contributed by atoms with Crippen molar-refractivity contribution in [3.63, 3.8) is 0 Å². The molecule has 8 nitrogen and oxygen atoms in total. The minimum absolute atomic E-state index is 0.290. The highest BCUT2D eigenvalue weighted by Gasteiger charge is 2.31. The topological polar surface area (TPSA) is 95.6 Å². The van der Waals surface area contributed by atoms with Crippen molar-refractivity contribution in [3.8, 4) is 39.5 Å². The fraction of sp³-hybridized carbons (Fsp3) is 0.282. The lowest BCUT2D eigenvalue weighted by molar-refractivity contribution is 0.177. The lowest BCUT2D eigenvalue weighted by atomic mass is 10.0. The molecule has 0 radical (unpaired) electrons. The van der Waals surface area contributed by atoms with E-state index in [9.17, 15) is 0 Å². The van der Waals surface area contributed by atoms with Gasteiger partial charge in [-0.05, 0) is 80.2 Å². The molecule has 9 rings (SSSR count). The molecule has 1 fully saturated rings. The van der Waals surface area contributed by atoms with Gasteiger partial charge in [0.25, 0.3) is 0 Å². The SMILES string of the molecule is CC.CCCNCc1ncc(-c2ccc3c(c2)cc2n3C(c3cc4ccccc4s3)Oc3cc(-c4cnc(C5CCCN5)[nH]4)ccc3-2)[nH]1. The summed E-state index contributed by atoms with van der Waals surface area (Å²) < 4.78 is 10.6. The second-order valence-electron chi connectivity index (χ2n) is 12.3. The van der Waals surface area contributed by atoms with E-state index < -0.39 is 0 Å². The van der Waals surface area contributed by atoms with E-state index >= 15 is 0 Å². The van der Waals surface area contributed by atoms with Gasteiger partial charge in [0.2, 0.25) is 6.23 Å². The molecule has 2 unspecified atom stereocenters. The van der Waals surface area contributed by atoms with Crippen LogP contribution in [0.4, 0.5) is 0 Å². The van der Waals surface area contributed by atoms with Crippen LogP contribution in [0.5, 0.6) is 5.75 Å². The second-order valence-corrected chi connectivity index (χ2v) is 13.4. The van der Waals surface area contributed by atoms with Crippen molar-refractivity contribution in [2.45, 2.75) is 58.8 Å². The van der Waals surface area contributed by atoms with Crippen molar-refractivity contribution in [1.29, 1.82) is 0 Å². The van der Waals surface area contributed by atoms with E-state index in [2.05, 4.69) is 110 Å². The van der Waals surface area contributed by atoms with Gasteiger partial charge in [-0.15, -0.1) is 11.3 Å². The summed E-state index contributed by atoms with van der Waals surface area (Å²) >= 11 is 1.79. The zero-order valence-corrected chi connectivity index (χ0v) is 28.5. The number of thiophene rings is 1. The molecule has 6 heterocycles. The number of hydrogen-bond acceptors (Lipinski definition) is 6. The lowest BCUT2D eigenvalue weighted by Crippen LogP contribution is -2.21. The van der Waals surface area contributed by atoms with Gasteiger partial charge in [0, 0.05) is 26.8 Å². The Hall–Kier alpha value is -4.70. The average Bonchev–Trinajstić information content (AvgIpc) is 3.97. The van der Waals surface area contributed by atoms with E-state index in [0.717, 1.165) is 89.2 Å². The maximum absolute atomic E-state index is 6.98. The van der Waals surface area contributed by atoms with Gasteiger partial charge in [0.05, 0.1) is 52.5 Å². The van der Waals surface area contributed by atoms with Gasteiger partial charge in [0.1, 0.15) is 17.4 Å². The molecule has 1 saturated heterocycles. The fourth-order valence-electron chi connectivity index (χ4n) is 6.91. The van der Waals surface area contributed by atoms with Crippen LogP contribution in [0.2, 0.25) is 0 Å². The Morgan fingerprint density at radius 2 is 1.75 bits per heavy atom.